The Kier molecular flexibility index (Phi) is 4.45. The average molecular weight is 274 g/mol. The topological polar surface area (TPSA) is 65.1 Å². The first-order chi connectivity index (χ1) is 9.52. The van der Waals surface area contributed by atoms with Crippen molar-refractivity contribution in [2.75, 3.05) is 6.61 Å². The van der Waals surface area contributed by atoms with E-state index in [2.05, 4.69) is 16.4 Å². The van der Waals surface area contributed by atoms with Crippen molar-refractivity contribution >= 4 is 16.8 Å². The Morgan fingerprint density at radius 1 is 1.35 bits per heavy atom. The molecule has 0 spiro atoms. The second-order valence-corrected chi connectivity index (χ2v) is 5.77. The number of aliphatic hydroxyl groups is 1. The Hall–Kier alpha value is -1.81. The molecule has 2 aromatic rings. The van der Waals surface area contributed by atoms with E-state index in [0.29, 0.717) is 19.3 Å². The van der Waals surface area contributed by atoms with Crippen LogP contribution in [-0.2, 0) is 11.2 Å². The zero-order valence-corrected chi connectivity index (χ0v) is 12.1. The Balaban J connectivity index is 1.94. The molecular formula is C16H22N2O2. The molecule has 1 aromatic carbocycles. The van der Waals surface area contributed by atoms with Crippen molar-refractivity contribution in [3.63, 3.8) is 0 Å². The number of nitrogens with one attached hydrogen (secondary N) is 2. The predicted octanol–water partition coefficient (Wildman–Crippen LogP) is 2.38. The third-order valence-electron chi connectivity index (χ3n) is 3.51. The van der Waals surface area contributed by atoms with Crippen LogP contribution in [0.15, 0.2) is 30.5 Å². The van der Waals surface area contributed by atoms with E-state index in [1.807, 2.05) is 38.2 Å². The van der Waals surface area contributed by atoms with Crippen molar-refractivity contribution in [3.8, 4) is 0 Å². The third kappa shape index (κ3) is 3.61. The summed E-state index contributed by atoms with van der Waals surface area (Å²) in [7, 11) is 0. The normalized spacial score (nSPS) is 11.8. The van der Waals surface area contributed by atoms with Gasteiger partial charge in [0.1, 0.15) is 0 Å². The van der Waals surface area contributed by atoms with Gasteiger partial charge in [-0.3, -0.25) is 4.79 Å². The van der Waals surface area contributed by atoms with Crippen molar-refractivity contribution in [1.29, 1.82) is 0 Å². The van der Waals surface area contributed by atoms with Crippen molar-refractivity contribution < 1.29 is 9.90 Å². The van der Waals surface area contributed by atoms with Gasteiger partial charge in [-0.1, -0.05) is 18.2 Å². The summed E-state index contributed by atoms with van der Waals surface area (Å²) in [6.07, 6.45) is 3.70. The van der Waals surface area contributed by atoms with Crippen molar-refractivity contribution in [3.05, 3.63) is 36.0 Å². The van der Waals surface area contributed by atoms with E-state index >= 15 is 0 Å². The smallest absolute Gasteiger partial charge is 0.220 e. The monoisotopic (exact) mass is 274 g/mol. The van der Waals surface area contributed by atoms with E-state index in [0.717, 1.165) is 11.1 Å². The van der Waals surface area contributed by atoms with Gasteiger partial charge in [-0.25, -0.2) is 0 Å². The fraction of sp³-hybridized carbons (Fsp3) is 0.438. The molecule has 0 atom stereocenters. The molecular weight excluding hydrogens is 252 g/mol. The van der Waals surface area contributed by atoms with Gasteiger partial charge >= 0.3 is 0 Å². The van der Waals surface area contributed by atoms with Gasteiger partial charge in [-0.05, 0) is 38.3 Å². The second-order valence-electron chi connectivity index (χ2n) is 5.77. The van der Waals surface area contributed by atoms with Crippen LogP contribution < -0.4 is 5.32 Å². The number of aryl methyl sites for hydroxylation is 1. The van der Waals surface area contributed by atoms with Gasteiger partial charge in [0.05, 0.1) is 0 Å². The molecule has 4 heteroatoms. The first kappa shape index (κ1) is 14.6. The number of hydrogen-bond donors (Lipinski definition) is 3. The van der Waals surface area contributed by atoms with Gasteiger partial charge in [-0.15, -0.1) is 0 Å². The molecule has 0 saturated heterocycles. The maximum atomic E-state index is 12.0. The number of aromatic amines is 1. The van der Waals surface area contributed by atoms with Crippen molar-refractivity contribution in [2.45, 2.75) is 38.6 Å². The molecule has 108 valence electrons. The summed E-state index contributed by atoms with van der Waals surface area (Å²) in [5.41, 5.74) is 1.91. The van der Waals surface area contributed by atoms with Crippen molar-refractivity contribution in [2.24, 2.45) is 0 Å². The van der Waals surface area contributed by atoms with Crippen LogP contribution in [0.4, 0.5) is 0 Å². The molecule has 1 amide bonds. The van der Waals surface area contributed by atoms with Crippen LogP contribution in [0, 0.1) is 0 Å². The number of para-hydroxylation sites is 1. The van der Waals surface area contributed by atoms with E-state index in [9.17, 15) is 4.79 Å². The van der Waals surface area contributed by atoms with E-state index in [-0.39, 0.29) is 18.1 Å². The minimum absolute atomic E-state index is 0.0220. The van der Waals surface area contributed by atoms with Gasteiger partial charge in [0.25, 0.3) is 0 Å². The highest BCUT2D eigenvalue weighted by molar-refractivity contribution is 5.84. The molecule has 0 saturated carbocycles. The number of aromatic nitrogens is 1. The molecule has 1 heterocycles. The Morgan fingerprint density at radius 3 is 2.85 bits per heavy atom. The molecule has 0 fully saturated rings. The maximum Gasteiger partial charge on any atom is 0.220 e. The lowest BCUT2D eigenvalue weighted by atomic mass is 10.0. The van der Waals surface area contributed by atoms with E-state index < -0.39 is 0 Å². The largest absolute Gasteiger partial charge is 0.396 e. The van der Waals surface area contributed by atoms with E-state index in [1.165, 1.54) is 5.39 Å². The lowest BCUT2D eigenvalue weighted by Gasteiger charge is -2.25. The first-order valence-corrected chi connectivity index (χ1v) is 6.99. The zero-order chi connectivity index (χ0) is 14.6. The van der Waals surface area contributed by atoms with Crippen LogP contribution in [0.2, 0.25) is 0 Å². The summed E-state index contributed by atoms with van der Waals surface area (Å²) in [5.74, 6) is 0.0220. The molecule has 0 radical (unpaired) electrons. The highest BCUT2D eigenvalue weighted by Crippen LogP contribution is 2.19. The Bertz CT molecular complexity index is 587. The molecule has 0 unspecified atom stereocenters. The molecule has 3 N–H and O–H groups in total. The van der Waals surface area contributed by atoms with Crippen LogP contribution in [0.3, 0.4) is 0 Å². The second kappa shape index (κ2) is 6.09. The molecule has 20 heavy (non-hydrogen) atoms. The standard InChI is InChI=1S/C16H22N2O2/c1-16(2,9-10-19)18-15(20)8-7-12-11-17-14-6-4-3-5-13(12)14/h3-6,11,17,19H,7-10H2,1-2H3,(H,18,20). The van der Waals surface area contributed by atoms with Crippen LogP contribution in [0.5, 0.6) is 0 Å². The SMILES string of the molecule is CC(C)(CCO)NC(=O)CCc1c[nH]c2ccccc12. The average Bonchev–Trinajstić information content (AvgIpc) is 2.79. The summed E-state index contributed by atoms with van der Waals surface area (Å²) >= 11 is 0. The van der Waals surface area contributed by atoms with Crippen molar-refractivity contribution in [1.82, 2.24) is 10.3 Å². The number of carbonyl (C=O) groups excluding carboxylic acids is 1. The summed E-state index contributed by atoms with van der Waals surface area (Å²) in [6, 6.07) is 8.09. The molecule has 1 aromatic heterocycles. The van der Waals surface area contributed by atoms with Crippen LogP contribution in [0.1, 0.15) is 32.3 Å². The molecule has 0 aliphatic carbocycles. The summed E-state index contributed by atoms with van der Waals surface area (Å²) < 4.78 is 0. The number of hydrogen-bond acceptors (Lipinski definition) is 2. The molecule has 2 rings (SSSR count). The highest BCUT2D eigenvalue weighted by Gasteiger charge is 2.19. The van der Waals surface area contributed by atoms with Gasteiger partial charge in [0.15, 0.2) is 0 Å². The fourth-order valence-corrected chi connectivity index (χ4v) is 2.37. The Morgan fingerprint density at radius 2 is 2.10 bits per heavy atom. The lowest BCUT2D eigenvalue weighted by molar-refractivity contribution is -0.122. The minimum atomic E-state index is -0.355. The summed E-state index contributed by atoms with van der Waals surface area (Å²) in [5, 5.41) is 13.1. The number of H-pyrrole nitrogens is 1. The van der Waals surface area contributed by atoms with Gasteiger partial charge in [0, 0.05) is 35.7 Å². The van der Waals surface area contributed by atoms with Gasteiger partial charge in [-0.2, -0.15) is 0 Å². The van der Waals surface area contributed by atoms with E-state index in [4.69, 9.17) is 5.11 Å². The number of fused-ring (bicyclic) bond motifs is 1. The van der Waals surface area contributed by atoms with Gasteiger partial charge in [0.2, 0.25) is 5.91 Å². The summed E-state index contributed by atoms with van der Waals surface area (Å²) in [6.45, 7) is 3.93. The van der Waals surface area contributed by atoms with Crippen LogP contribution in [0.25, 0.3) is 10.9 Å². The molecule has 0 aliphatic heterocycles. The maximum absolute atomic E-state index is 12.0. The number of carbonyl (C=O) groups is 1. The number of aliphatic hydroxyl groups excluding tert-OH is 1. The quantitative estimate of drug-likeness (QED) is 0.757. The van der Waals surface area contributed by atoms with Crippen LogP contribution >= 0.6 is 0 Å². The number of rotatable bonds is 6. The lowest BCUT2D eigenvalue weighted by Crippen LogP contribution is -2.44. The first-order valence-electron chi connectivity index (χ1n) is 6.99. The predicted molar refractivity (Wildman–Crippen MR) is 80.5 cm³/mol. The third-order valence-corrected chi connectivity index (χ3v) is 3.51. The zero-order valence-electron chi connectivity index (χ0n) is 12.1. The fourth-order valence-electron chi connectivity index (χ4n) is 2.37. The molecule has 0 bridgehead atoms. The highest BCUT2D eigenvalue weighted by atomic mass is 16.3. The minimum Gasteiger partial charge on any atom is -0.396 e. The van der Waals surface area contributed by atoms with Crippen LogP contribution in [-0.4, -0.2) is 28.1 Å². The van der Waals surface area contributed by atoms with E-state index in [1.54, 1.807) is 0 Å². The molecule has 4 nitrogen and oxygen atoms in total. The number of amides is 1. The Labute approximate surface area is 119 Å². The summed E-state index contributed by atoms with van der Waals surface area (Å²) in [4.78, 5) is 15.2. The molecule has 0 aliphatic rings. The van der Waals surface area contributed by atoms with Gasteiger partial charge < -0.3 is 15.4 Å². The number of benzene rings is 1.